The Hall–Kier alpha value is -0.160. The molecule has 2 rings (SSSR count). The lowest BCUT2D eigenvalue weighted by atomic mass is 10.1. The van der Waals surface area contributed by atoms with Crippen LogP contribution in [0.25, 0.3) is 10.9 Å². The number of nitrogens with zero attached hydrogens (tertiary/aromatic N) is 1. The molecule has 0 aliphatic carbocycles. The zero-order valence-electron chi connectivity index (χ0n) is 7.01. The van der Waals surface area contributed by atoms with Crippen LogP contribution in [-0.2, 0) is 0 Å². The number of benzene rings is 1. The fourth-order valence-corrected chi connectivity index (χ4v) is 2.11. The maximum atomic E-state index is 4.36. The Labute approximate surface area is 98.8 Å². The van der Waals surface area contributed by atoms with Gasteiger partial charge >= 0.3 is 0 Å². The summed E-state index contributed by atoms with van der Waals surface area (Å²) >= 11 is 5.83. The predicted molar refractivity (Wildman–Crippen MR) is 66.9 cm³/mol. The highest BCUT2D eigenvalue weighted by atomic mass is 127. The fourth-order valence-electron chi connectivity index (χ4n) is 1.25. The first-order valence-corrected chi connectivity index (χ1v) is 5.76. The van der Waals surface area contributed by atoms with Crippen LogP contribution in [0.5, 0.6) is 0 Å². The van der Waals surface area contributed by atoms with Crippen LogP contribution in [0.4, 0.5) is 0 Å². The van der Waals surface area contributed by atoms with Gasteiger partial charge in [-0.25, -0.2) is 0 Å². The Bertz CT molecular complexity index is 468. The Morgan fingerprint density at radius 1 is 1.38 bits per heavy atom. The summed E-state index contributed by atoms with van der Waals surface area (Å²) in [4.78, 5) is 4.36. The quantitative estimate of drug-likeness (QED) is 0.658. The summed E-state index contributed by atoms with van der Waals surface area (Å²) in [6.45, 7) is 2.08. The van der Waals surface area contributed by atoms with Crippen molar-refractivity contribution in [2.45, 2.75) is 6.92 Å². The van der Waals surface area contributed by atoms with E-state index in [0.29, 0.717) is 0 Å². The summed E-state index contributed by atoms with van der Waals surface area (Å²) in [6, 6.07) is 6.30. The number of halogens is 2. The molecule has 66 valence electrons. The molecule has 0 radical (unpaired) electrons. The largest absolute Gasteiger partial charge is 0.255 e. The normalized spacial score (nSPS) is 10.7. The van der Waals surface area contributed by atoms with Crippen LogP contribution < -0.4 is 0 Å². The van der Waals surface area contributed by atoms with E-state index in [-0.39, 0.29) is 0 Å². The van der Waals surface area contributed by atoms with Crippen molar-refractivity contribution in [3.63, 3.8) is 0 Å². The average molecular weight is 348 g/mol. The van der Waals surface area contributed by atoms with Gasteiger partial charge in [0.1, 0.15) is 0 Å². The molecule has 1 aromatic carbocycles. The van der Waals surface area contributed by atoms with Crippen molar-refractivity contribution in [3.05, 3.63) is 38.0 Å². The second kappa shape index (κ2) is 3.53. The van der Waals surface area contributed by atoms with Crippen molar-refractivity contribution in [1.82, 2.24) is 4.98 Å². The van der Waals surface area contributed by atoms with Crippen LogP contribution in [-0.4, -0.2) is 4.98 Å². The maximum absolute atomic E-state index is 4.36. The number of fused-ring (bicyclic) bond motifs is 1. The van der Waals surface area contributed by atoms with E-state index in [1.807, 2.05) is 6.20 Å². The number of hydrogen-bond acceptors (Lipinski definition) is 1. The number of hydrogen-bond donors (Lipinski definition) is 0. The maximum Gasteiger partial charge on any atom is 0.0716 e. The number of rotatable bonds is 0. The first-order chi connectivity index (χ1) is 6.18. The number of aromatic nitrogens is 1. The molecule has 0 atom stereocenters. The van der Waals surface area contributed by atoms with Gasteiger partial charge in [-0.2, -0.15) is 0 Å². The molecule has 0 saturated heterocycles. The van der Waals surface area contributed by atoms with Gasteiger partial charge in [0.15, 0.2) is 0 Å². The van der Waals surface area contributed by atoms with Crippen LogP contribution in [0, 0.1) is 10.5 Å². The van der Waals surface area contributed by atoms with Crippen LogP contribution in [0.1, 0.15) is 5.56 Å². The molecule has 1 heterocycles. The molecule has 3 heteroatoms. The third kappa shape index (κ3) is 1.72. The number of aryl methyl sites for hydroxylation is 1. The van der Waals surface area contributed by atoms with Crippen molar-refractivity contribution in [2.24, 2.45) is 0 Å². The van der Waals surface area contributed by atoms with E-state index in [0.717, 1.165) is 13.6 Å². The summed E-state index contributed by atoms with van der Waals surface area (Å²) in [6.07, 6.45) is 1.88. The molecular weight excluding hydrogens is 341 g/mol. The van der Waals surface area contributed by atoms with E-state index in [4.69, 9.17) is 0 Å². The Balaban J connectivity index is 2.87. The van der Waals surface area contributed by atoms with E-state index >= 15 is 0 Å². The van der Waals surface area contributed by atoms with Gasteiger partial charge in [0.25, 0.3) is 0 Å². The molecule has 1 nitrogen and oxygen atoms in total. The van der Waals surface area contributed by atoms with Gasteiger partial charge in [-0.15, -0.1) is 0 Å². The Kier molecular flexibility index (Phi) is 2.55. The molecule has 0 spiro atoms. The summed E-state index contributed by atoms with van der Waals surface area (Å²) in [7, 11) is 0. The van der Waals surface area contributed by atoms with Crippen molar-refractivity contribution in [2.75, 3.05) is 0 Å². The lowest BCUT2D eigenvalue weighted by molar-refractivity contribution is 1.36. The van der Waals surface area contributed by atoms with E-state index < -0.39 is 0 Å². The summed E-state index contributed by atoms with van der Waals surface area (Å²) in [5, 5.41) is 1.18. The van der Waals surface area contributed by atoms with Crippen LogP contribution >= 0.6 is 38.5 Å². The summed E-state index contributed by atoms with van der Waals surface area (Å²) in [5.74, 6) is 0. The van der Waals surface area contributed by atoms with Crippen LogP contribution in [0.3, 0.4) is 0 Å². The minimum atomic E-state index is 1.05. The molecule has 0 N–H and O–H groups in total. The molecule has 0 saturated carbocycles. The molecular formula is C10H7BrIN. The lowest BCUT2D eigenvalue weighted by Gasteiger charge is -2.02. The Morgan fingerprint density at radius 2 is 2.15 bits per heavy atom. The molecule has 0 aliphatic rings. The lowest BCUT2D eigenvalue weighted by Crippen LogP contribution is -1.84. The highest BCUT2D eigenvalue weighted by Crippen LogP contribution is 2.27. The van der Waals surface area contributed by atoms with Gasteiger partial charge in [-0.1, -0.05) is 12.1 Å². The minimum absolute atomic E-state index is 1.05. The molecule has 0 bridgehead atoms. The van der Waals surface area contributed by atoms with E-state index in [1.165, 1.54) is 10.9 Å². The highest BCUT2D eigenvalue weighted by molar-refractivity contribution is 14.1. The van der Waals surface area contributed by atoms with E-state index in [9.17, 15) is 0 Å². The predicted octanol–water partition coefficient (Wildman–Crippen LogP) is 3.91. The van der Waals surface area contributed by atoms with Gasteiger partial charge in [0, 0.05) is 19.6 Å². The summed E-state index contributed by atoms with van der Waals surface area (Å²) in [5.41, 5.74) is 2.29. The molecule has 2 aromatic rings. The first kappa shape index (κ1) is 9.40. The molecule has 13 heavy (non-hydrogen) atoms. The van der Waals surface area contributed by atoms with Crippen molar-refractivity contribution in [3.8, 4) is 0 Å². The molecule has 0 aliphatic heterocycles. The highest BCUT2D eigenvalue weighted by Gasteiger charge is 2.03. The smallest absolute Gasteiger partial charge is 0.0716 e. The van der Waals surface area contributed by atoms with Crippen LogP contribution in [0.15, 0.2) is 28.9 Å². The Morgan fingerprint density at radius 3 is 2.92 bits per heavy atom. The standard InChI is InChI=1S/C10H7BrIN/c1-6-2-3-7-9(4-6)13-5-8(12)10(7)11/h2-5H,1H3. The summed E-state index contributed by atoms with van der Waals surface area (Å²) < 4.78 is 2.28. The number of pyridine rings is 1. The zero-order valence-corrected chi connectivity index (χ0v) is 10.8. The zero-order chi connectivity index (χ0) is 9.42. The second-order valence-electron chi connectivity index (χ2n) is 2.94. The van der Waals surface area contributed by atoms with Gasteiger partial charge in [0.05, 0.1) is 5.52 Å². The van der Waals surface area contributed by atoms with Crippen molar-refractivity contribution >= 4 is 49.4 Å². The van der Waals surface area contributed by atoms with Gasteiger partial charge < -0.3 is 0 Å². The van der Waals surface area contributed by atoms with Crippen molar-refractivity contribution < 1.29 is 0 Å². The van der Waals surface area contributed by atoms with Crippen molar-refractivity contribution in [1.29, 1.82) is 0 Å². The SMILES string of the molecule is Cc1ccc2c(Br)c(I)cnc2c1. The van der Waals surface area contributed by atoms with Gasteiger partial charge in [0.2, 0.25) is 0 Å². The fraction of sp³-hybridized carbons (Fsp3) is 0.100. The molecule has 0 unspecified atom stereocenters. The van der Waals surface area contributed by atoms with Gasteiger partial charge in [-0.3, -0.25) is 4.98 Å². The van der Waals surface area contributed by atoms with Crippen LogP contribution in [0.2, 0.25) is 0 Å². The molecule has 1 aromatic heterocycles. The monoisotopic (exact) mass is 347 g/mol. The topological polar surface area (TPSA) is 12.9 Å². The molecule has 0 fully saturated rings. The third-order valence-electron chi connectivity index (χ3n) is 1.92. The van der Waals surface area contributed by atoms with E-state index in [2.05, 4.69) is 68.6 Å². The van der Waals surface area contributed by atoms with Gasteiger partial charge in [-0.05, 0) is 57.1 Å². The first-order valence-electron chi connectivity index (χ1n) is 3.89. The average Bonchev–Trinajstić information content (AvgIpc) is 2.12. The van der Waals surface area contributed by atoms with E-state index in [1.54, 1.807) is 0 Å². The second-order valence-corrected chi connectivity index (χ2v) is 4.90. The minimum Gasteiger partial charge on any atom is -0.255 e. The third-order valence-corrected chi connectivity index (χ3v) is 4.33. The molecule has 0 amide bonds.